The minimum absolute atomic E-state index is 0.0434. The number of fused-ring (bicyclic) bond motifs is 1. The second-order valence-electron chi connectivity index (χ2n) is 6.84. The minimum atomic E-state index is -0.186. The van der Waals surface area contributed by atoms with Crippen LogP contribution in [0, 0.1) is 0 Å². The Kier molecular flexibility index (Phi) is 6.31. The van der Waals surface area contributed by atoms with Crippen LogP contribution >= 0.6 is 11.6 Å². The van der Waals surface area contributed by atoms with Crippen LogP contribution in [0.5, 0.6) is 0 Å². The Hall–Kier alpha value is -2.15. The highest BCUT2D eigenvalue weighted by molar-refractivity contribution is 6.33. The number of nitrogens with two attached hydrogens (primary N) is 1. The number of aliphatic hydroxyl groups is 1. The molecule has 2 aliphatic heterocycles. The van der Waals surface area contributed by atoms with Crippen molar-refractivity contribution in [1.29, 1.82) is 0 Å². The van der Waals surface area contributed by atoms with Gasteiger partial charge in [-0.15, -0.1) is 0 Å². The molecule has 0 aliphatic carbocycles. The molecule has 0 saturated carbocycles. The van der Waals surface area contributed by atoms with Crippen LogP contribution in [0.15, 0.2) is 30.5 Å². The van der Waals surface area contributed by atoms with Crippen molar-refractivity contribution in [2.24, 2.45) is 0 Å². The molecule has 1 amide bonds. The first-order chi connectivity index (χ1) is 13.0. The van der Waals surface area contributed by atoms with E-state index < -0.39 is 0 Å². The lowest BCUT2D eigenvalue weighted by molar-refractivity contribution is -0.00535. The van der Waals surface area contributed by atoms with E-state index in [-0.39, 0.29) is 17.9 Å². The summed E-state index contributed by atoms with van der Waals surface area (Å²) in [5.41, 5.74) is 9.24. The molecule has 1 fully saturated rings. The highest BCUT2D eigenvalue weighted by Gasteiger charge is 2.25. The van der Waals surface area contributed by atoms with E-state index in [0.717, 1.165) is 36.1 Å². The fourth-order valence-electron chi connectivity index (χ4n) is 3.36. The second-order valence-corrected chi connectivity index (χ2v) is 7.25. The Morgan fingerprint density at radius 3 is 2.78 bits per heavy atom. The number of nitrogen functional groups attached to an aromatic ring is 1. The molecule has 0 spiro atoms. The topological polar surface area (TPSA) is 97.5 Å². The van der Waals surface area contributed by atoms with Crippen LogP contribution in [0.25, 0.3) is 11.1 Å². The Morgan fingerprint density at radius 2 is 2.11 bits per heavy atom. The molecule has 6 nitrogen and oxygen atoms in total. The van der Waals surface area contributed by atoms with Crippen LogP contribution in [-0.4, -0.2) is 41.9 Å². The number of hydrogen-bond donors (Lipinski definition) is 3. The third kappa shape index (κ3) is 4.58. The van der Waals surface area contributed by atoms with Crippen LogP contribution < -0.4 is 11.1 Å². The number of halogens is 1. The molecule has 3 heterocycles. The van der Waals surface area contributed by atoms with Gasteiger partial charge in [-0.3, -0.25) is 4.79 Å². The van der Waals surface area contributed by atoms with Crippen molar-refractivity contribution in [2.45, 2.75) is 31.8 Å². The van der Waals surface area contributed by atoms with Crippen LogP contribution in [0.4, 0.5) is 5.82 Å². The highest BCUT2D eigenvalue weighted by atomic mass is 35.5. The number of amides is 1. The first kappa shape index (κ1) is 19.6. The summed E-state index contributed by atoms with van der Waals surface area (Å²) < 4.78 is 4.93. The number of aromatic nitrogens is 1. The van der Waals surface area contributed by atoms with E-state index >= 15 is 0 Å². The molecule has 27 heavy (non-hydrogen) atoms. The molecule has 7 heteroatoms. The maximum atomic E-state index is 12.0. The molecule has 1 aromatic carbocycles. The predicted molar refractivity (Wildman–Crippen MR) is 106 cm³/mol. The van der Waals surface area contributed by atoms with E-state index in [4.69, 9.17) is 27.2 Å². The minimum Gasteiger partial charge on any atom is -0.391 e. The summed E-state index contributed by atoms with van der Waals surface area (Å²) in [7, 11) is 0. The molecule has 4 N–H and O–H groups in total. The van der Waals surface area contributed by atoms with Crippen LogP contribution in [0.2, 0.25) is 5.02 Å². The van der Waals surface area contributed by atoms with Gasteiger partial charge in [-0.25, -0.2) is 4.98 Å². The number of rotatable bonds is 1. The molecule has 2 unspecified atom stereocenters. The van der Waals surface area contributed by atoms with Gasteiger partial charge in [-0.2, -0.15) is 0 Å². The van der Waals surface area contributed by atoms with Gasteiger partial charge in [-0.05, 0) is 42.0 Å². The largest absolute Gasteiger partial charge is 0.391 e. The summed E-state index contributed by atoms with van der Waals surface area (Å²) in [6, 6.07) is 7.41. The molecule has 1 saturated heterocycles. The van der Waals surface area contributed by atoms with Gasteiger partial charge in [0.15, 0.2) is 0 Å². The second kappa shape index (κ2) is 8.69. The number of nitrogens with zero attached hydrogens (tertiary/aromatic N) is 1. The summed E-state index contributed by atoms with van der Waals surface area (Å²) in [5.74, 6) is 0.595. The zero-order chi connectivity index (χ0) is 19.4. The lowest BCUT2D eigenvalue weighted by atomic mass is 9.85. The fourth-order valence-corrected chi connectivity index (χ4v) is 3.56. The van der Waals surface area contributed by atoms with Gasteiger partial charge in [-0.1, -0.05) is 30.7 Å². The number of carbonyl (C=O) groups excluding carboxylic acids is 1. The Morgan fingerprint density at radius 1 is 1.33 bits per heavy atom. The molecule has 0 bridgehead atoms. The quantitative estimate of drug-likeness (QED) is 0.696. The van der Waals surface area contributed by atoms with Crippen molar-refractivity contribution in [3.05, 3.63) is 46.6 Å². The first-order valence-electron chi connectivity index (χ1n) is 9.05. The van der Waals surface area contributed by atoms with Crippen molar-refractivity contribution in [3.8, 4) is 11.1 Å². The lowest BCUT2D eigenvalue weighted by Gasteiger charge is -2.25. The van der Waals surface area contributed by atoms with Crippen molar-refractivity contribution in [2.75, 3.05) is 25.5 Å². The SMILES string of the molecule is CC1CNC(=O)c2cccc(-c3cc(N)ncc3Cl)c21.OC1CCCOC1. The molecule has 4 rings (SSSR count). The highest BCUT2D eigenvalue weighted by Crippen LogP contribution is 2.37. The van der Waals surface area contributed by atoms with Gasteiger partial charge < -0.3 is 20.9 Å². The summed E-state index contributed by atoms with van der Waals surface area (Å²) in [5, 5.41) is 12.2. The predicted octanol–water partition coefficient (Wildman–Crippen LogP) is 2.99. The van der Waals surface area contributed by atoms with Crippen LogP contribution in [0.1, 0.15) is 41.6 Å². The van der Waals surface area contributed by atoms with Crippen molar-refractivity contribution in [3.63, 3.8) is 0 Å². The van der Waals surface area contributed by atoms with E-state index in [2.05, 4.69) is 17.2 Å². The zero-order valence-electron chi connectivity index (χ0n) is 15.2. The van der Waals surface area contributed by atoms with Gasteiger partial charge >= 0.3 is 0 Å². The molecular formula is C20H24ClN3O3. The Balaban J connectivity index is 0.000000253. The average molecular weight is 390 g/mol. The van der Waals surface area contributed by atoms with Gasteiger partial charge in [0.1, 0.15) is 5.82 Å². The van der Waals surface area contributed by atoms with Gasteiger partial charge in [0.2, 0.25) is 0 Å². The van der Waals surface area contributed by atoms with Gasteiger partial charge in [0.05, 0.1) is 17.7 Å². The fraction of sp³-hybridized carbons (Fsp3) is 0.400. The van der Waals surface area contributed by atoms with E-state index in [0.29, 0.717) is 29.6 Å². The monoisotopic (exact) mass is 389 g/mol. The number of pyridine rings is 1. The molecule has 144 valence electrons. The Labute approximate surface area is 163 Å². The van der Waals surface area contributed by atoms with Gasteiger partial charge in [0.25, 0.3) is 5.91 Å². The summed E-state index contributed by atoms with van der Waals surface area (Å²) in [6.45, 7) is 4.08. The molecule has 2 atom stereocenters. The number of nitrogens with one attached hydrogen (secondary N) is 1. The third-order valence-corrected chi connectivity index (χ3v) is 5.02. The number of aliphatic hydroxyl groups excluding tert-OH is 1. The number of anilines is 1. The van der Waals surface area contributed by atoms with Crippen molar-refractivity contribution in [1.82, 2.24) is 10.3 Å². The summed E-state index contributed by atoms with van der Waals surface area (Å²) >= 11 is 6.24. The molecule has 0 radical (unpaired) electrons. The van der Waals surface area contributed by atoms with E-state index in [9.17, 15) is 4.79 Å². The maximum absolute atomic E-state index is 12.0. The number of carbonyl (C=O) groups is 1. The molecule has 2 aromatic rings. The van der Waals surface area contributed by atoms with Gasteiger partial charge in [0, 0.05) is 30.5 Å². The van der Waals surface area contributed by atoms with E-state index in [1.165, 1.54) is 0 Å². The average Bonchev–Trinajstić information content (AvgIpc) is 2.67. The number of hydrogen-bond acceptors (Lipinski definition) is 5. The molecule has 1 aromatic heterocycles. The first-order valence-corrected chi connectivity index (χ1v) is 9.43. The third-order valence-electron chi connectivity index (χ3n) is 4.72. The van der Waals surface area contributed by atoms with Crippen LogP contribution in [0.3, 0.4) is 0 Å². The summed E-state index contributed by atoms with van der Waals surface area (Å²) in [6.07, 6.45) is 3.29. The molecule has 2 aliphatic rings. The van der Waals surface area contributed by atoms with Crippen molar-refractivity contribution < 1.29 is 14.6 Å². The smallest absolute Gasteiger partial charge is 0.251 e. The zero-order valence-corrected chi connectivity index (χ0v) is 16.0. The normalized spacial score (nSPS) is 21.5. The summed E-state index contributed by atoms with van der Waals surface area (Å²) in [4.78, 5) is 16.0. The Bertz CT molecular complexity index is 822. The lowest BCUT2D eigenvalue weighted by Crippen LogP contribution is -2.34. The van der Waals surface area contributed by atoms with Crippen molar-refractivity contribution >= 4 is 23.3 Å². The maximum Gasteiger partial charge on any atom is 0.251 e. The number of benzene rings is 1. The standard InChI is InChI=1S/C15H14ClN3O.C5H10O2/c1-8-6-19-15(20)10-4-2-3-9(14(8)10)11-5-13(17)18-7-12(11)16;6-5-2-1-3-7-4-5/h2-5,7-8H,6H2,1H3,(H2,17,18)(H,19,20);5-6H,1-4H2. The van der Waals surface area contributed by atoms with Crippen LogP contribution in [-0.2, 0) is 4.74 Å². The number of ether oxygens (including phenoxy) is 1. The molecular weight excluding hydrogens is 366 g/mol. The van der Waals surface area contributed by atoms with E-state index in [1.807, 2.05) is 18.2 Å². The van der Waals surface area contributed by atoms with E-state index in [1.54, 1.807) is 12.3 Å².